The minimum absolute atomic E-state index is 0.126. The molecular weight excluding hydrogens is 302 g/mol. The van der Waals surface area contributed by atoms with Crippen LogP contribution in [0.1, 0.15) is 6.42 Å². The number of ether oxygens (including phenoxy) is 1. The van der Waals surface area contributed by atoms with Crippen LogP contribution in [0.3, 0.4) is 0 Å². The summed E-state index contributed by atoms with van der Waals surface area (Å²) in [5.41, 5.74) is 0.288. The van der Waals surface area contributed by atoms with Gasteiger partial charge in [0.05, 0.1) is 18.9 Å². The van der Waals surface area contributed by atoms with E-state index in [0.717, 1.165) is 12.5 Å². The Balaban J connectivity index is 1.42. The Bertz CT molecular complexity index is 615. The van der Waals surface area contributed by atoms with E-state index in [9.17, 15) is 13.6 Å². The highest BCUT2D eigenvalue weighted by atomic mass is 19.2. The van der Waals surface area contributed by atoms with Crippen molar-refractivity contribution in [2.45, 2.75) is 6.42 Å². The third-order valence-corrected chi connectivity index (χ3v) is 5.32. The van der Waals surface area contributed by atoms with E-state index >= 15 is 0 Å². The smallest absolute Gasteiger partial charge is 0.226 e. The molecule has 1 unspecified atom stereocenters. The number of hydrogen-bond donors (Lipinski definition) is 0. The van der Waals surface area contributed by atoms with Gasteiger partial charge < -0.3 is 14.5 Å². The number of nitrogens with zero attached hydrogens (tertiary/aromatic N) is 2. The van der Waals surface area contributed by atoms with E-state index in [1.807, 2.05) is 9.80 Å². The van der Waals surface area contributed by atoms with Gasteiger partial charge in [0.2, 0.25) is 5.91 Å². The fraction of sp³-hybridized carbons (Fsp3) is 0.588. The lowest BCUT2D eigenvalue weighted by atomic mass is 10.2. The van der Waals surface area contributed by atoms with Crippen LogP contribution in [-0.2, 0) is 9.53 Å². The zero-order chi connectivity index (χ0) is 16.0. The summed E-state index contributed by atoms with van der Waals surface area (Å²) in [5, 5.41) is 0. The minimum Gasteiger partial charge on any atom is -0.381 e. The molecule has 124 valence electrons. The van der Waals surface area contributed by atoms with E-state index in [1.165, 1.54) is 6.07 Å². The Kier molecular flexibility index (Phi) is 3.71. The first-order valence-corrected chi connectivity index (χ1v) is 8.22. The molecule has 4 nitrogen and oxygen atoms in total. The van der Waals surface area contributed by atoms with Crippen molar-refractivity contribution in [3.63, 3.8) is 0 Å². The first-order valence-electron chi connectivity index (χ1n) is 8.22. The standard InChI is InChI=1S/C17H20F2N2O2/c18-13-3-1-4-14(16(13)19)20-5-2-6-21(8-7-20)17(22)15-11-9-23-10-12(11)15/h1,3-4,11-12,15H,2,5-10H2/t11-,12+,15?. The number of carbonyl (C=O) groups excluding carboxylic acids is 1. The van der Waals surface area contributed by atoms with Crippen LogP contribution in [0.4, 0.5) is 14.5 Å². The van der Waals surface area contributed by atoms with Crippen LogP contribution in [0.5, 0.6) is 0 Å². The molecular formula is C17H20F2N2O2. The molecule has 2 aliphatic heterocycles. The van der Waals surface area contributed by atoms with Crippen molar-refractivity contribution >= 4 is 11.6 Å². The monoisotopic (exact) mass is 322 g/mol. The van der Waals surface area contributed by atoms with E-state index in [-0.39, 0.29) is 17.5 Å². The van der Waals surface area contributed by atoms with E-state index in [4.69, 9.17) is 4.74 Å². The van der Waals surface area contributed by atoms with Crippen LogP contribution in [0.2, 0.25) is 0 Å². The second kappa shape index (κ2) is 5.74. The highest BCUT2D eigenvalue weighted by molar-refractivity contribution is 5.82. The summed E-state index contributed by atoms with van der Waals surface area (Å²) in [6, 6.07) is 4.24. The largest absolute Gasteiger partial charge is 0.381 e. The van der Waals surface area contributed by atoms with Crippen LogP contribution in [0.25, 0.3) is 0 Å². The average molecular weight is 322 g/mol. The SMILES string of the molecule is O=C(C1[C@H]2COC[C@@H]12)N1CCCN(c2cccc(F)c2F)CC1. The summed E-state index contributed by atoms with van der Waals surface area (Å²) in [5.74, 6) is -0.484. The van der Waals surface area contributed by atoms with Crippen molar-refractivity contribution < 1.29 is 18.3 Å². The van der Waals surface area contributed by atoms with Gasteiger partial charge in [-0.15, -0.1) is 0 Å². The van der Waals surface area contributed by atoms with Gasteiger partial charge in [-0.3, -0.25) is 4.79 Å². The number of hydrogen-bond acceptors (Lipinski definition) is 3. The van der Waals surface area contributed by atoms with Crippen molar-refractivity contribution in [1.29, 1.82) is 0 Å². The van der Waals surface area contributed by atoms with Crippen LogP contribution in [0.15, 0.2) is 18.2 Å². The third kappa shape index (κ3) is 2.59. The molecule has 1 saturated carbocycles. The van der Waals surface area contributed by atoms with Gasteiger partial charge in [0.1, 0.15) is 0 Å². The molecule has 2 saturated heterocycles. The first kappa shape index (κ1) is 14.9. The Morgan fingerprint density at radius 3 is 2.65 bits per heavy atom. The minimum atomic E-state index is -0.828. The molecule has 2 heterocycles. The van der Waals surface area contributed by atoms with Crippen LogP contribution in [-0.4, -0.2) is 50.2 Å². The summed E-state index contributed by atoms with van der Waals surface area (Å²) in [4.78, 5) is 16.3. The lowest BCUT2D eigenvalue weighted by Gasteiger charge is -2.24. The molecule has 0 radical (unpaired) electrons. The van der Waals surface area contributed by atoms with Gasteiger partial charge >= 0.3 is 0 Å². The molecule has 0 bridgehead atoms. The van der Waals surface area contributed by atoms with Gasteiger partial charge in [-0.25, -0.2) is 8.78 Å². The maximum Gasteiger partial charge on any atom is 0.226 e. The molecule has 1 aromatic carbocycles. The predicted molar refractivity (Wildman–Crippen MR) is 81.1 cm³/mol. The molecule has 6 heteroatoms. The van der Waals surface area contributed by atoms with Crippen molar-refractivity contribution in [3.8, 4) is 0 Å². The Morgan fingerprint density at radius 2 is 1.87 bits per heavy atom. The number of anilines is 1. The number of fused-ring (bicyclic) bond motifs is 1. The van der Waals surface area contributed by atoms with E-state index < -0.39 is 11.6 Å². The molecule has 0 spiro atoms. The van der Waals surface area contributed by atoms with E-state index in [2.05, 4.69) is 0 Å². The zero-order valence-corrected chi connectivity index (χ0v) is 12.9. The fourth-order valence-electron chi connectivity index (χ4n) is 3.93. The predicted octanol–water partition coefficient (Wildman–Crippen LogP) is 1.90. The summed E-state index contributed by atoms with van der Waals surface area (Å²) in [6.07, 6.45) is 0.764. The molecule has 0 N–H and O–H groups in total. The van der Waals surface area contributed by atoms with Crippen molar-refractivity contribution in [2.75, 3.05) is 44.3 Å². The van der Waals surface area contributed by atoms with E-state index in [1.54, 1.807) is 6.07 Å². The van der Waals surface area contributed by atoms with Gasteiger partial charge in [-0.2, -0.15) is 0 Å². The number of benzene rings is 1. The highest BCUT2D eigenvalue weighted by Crippen LogP contribution is 2.51. The third-order valence-electron chi connectivity index (χ3n) is 5.32. The topological polar surface area (TPSA) is 32.8 Å². The van der Waals surface area contributed by atoms with E-state index in [0.29, 0.717) is 51.2 Å². The lowest BCUT2D eigenvalue weighted by Crippen LogP contribution is -2.37. The lowest BCUT2D eigenvalue weighted by molar-refractivity contribution is -0.133. The molecule has 4 rings (SSSR count). The molecule has 3 aliphatic rings. The normalized spacial score (nSPS) is 30.1. The number of halogens is 2. The van der Waals surface area contributed by atoms with Crippen molar-refractivity contribution in [3.05, 3.63) is 29.8 Å². The quantitative estimate of drug-likeness (QED) is 0.834. The van der Waals surface area contributed by atoms with Gasteiger partial charge in [0.25, 0.3) is 0 Å². The second-order valence-corrected chi connectivity index (χ2v) is 6.63. The Labute approximate surface area is 134 Å². The Hall–Kier alpha value is -1.69. The maximum absolute atomic E-state index is 14.0. The number of carbonyl (C=O) groups is 1. The Morgan fingerprint density at radius 1 is 1.09 bits per heavy atom. The van der Waals surface area contributed by atoms with Gasteiger partial charge in [-0.05, 0) is 30.4 Å². The van der Waals surface area contributed by atoms with Crippen LogP contribution in [0, 0.1) is 29.4 Å². The van der Waals surface area contributed by atoms with Crippen LogP contribution >= 0.6 is 0 Å². The summed E-state index contributed by atoms with van der Waals surface area (Å²) >= 11 is 0. The number of rotatable bonds is 2. The molecule has 23 heavy (non-hydrogen) atoms. The maximum atomic E-state index is 14.0. The highest BCUT2D eigenvalue weighted by Gasteiger charge is 2.58. The van der Waals surface area contributed by atoms with Crippen molar-refractivity contribution in [2.24, 2.45) is 17.8 Å². The summed E-state index contributed by atoms with van der Waals surface area (Å²) in [7, 11) is 0. The zero-order valence-electron chi connectivity index (χ0n) is 12.9. The molecule has 1 aliphatic carbocycles. The molecule has 3 atom stereocenters. The molecule has 0 aromatic heterocycles. The van der Waals surface area contributed by atoms with Gasteiger partial charge in [0, 0.05) is 32.1 Å². The van der Waals surface area contributed by atoms with Crippen molar-refractivity contribution in [1.82, 2.24) is 4.90 Å². The van der Waals surface area contributed by atoms with Crippen LogP contribution < -0.4 is 4.90 Å². The molecule has 1 amide bonds. The summed E-state index contributed by atoms with van der Waals surface area (Å²) in [6.45, 7) is 3.81. The fourth-order valence-corrected chi connectivity index (χ4v) is 3.93. The molecule has 3 fully saturated rings. The first-order chi connectivity index (χ1) is 11.2. The second-order valence-electron chi connectivity index (χ2n) is 6.63. The number of amides is 1. The van der Waals surface area contributed by atoms with Gasteiger partial charge in [0.15, 0.2) is 11.6 Å². The molecule has 1 aromatic rings. The average Bonchev–Trinajstić information content (AvgIpc) is 3.14. The summed E-state index contributed by atoms with van der Waals surface area (Å²) < 4.78 is 32.7. The van der Waals surface area contributed by atoms with Gasteiger partial charge in [-0.1, -0.05) is 6.07 Å².